The Hall–Kier alpha value is -0.120. The van der Waals surface area contributed by atoms with Gasteiger partial charge in [0.15, 0.2) is 0 Å². The van der Waals surface area contributed by atoms with Crippen molar-refractivity contribution in [1.29, 1.82) is 0 Å². The first-order valence-corrected chi connectivity index (χ1v) is 5.29. The summed E-state index contributed by atoms with van der Waals surface area (Å²) >= 11 is 0. The summed E-state index contributed by atoms with van der Waals surface area (Å²) in [5.74, 6) is 0. The van der Waals surface area contributed by atoms with Crippen LogP contribution in [0.15, 0.2) is 0 Å². The molecule has 1 aliphatic heterocycles. The van der Waals surface area contributed by atoms with Gasteiger partial charge in [-0.05, 0) is 34.0 Å². The van der Waals surface area contributed by atoms with Crippen LogP contribution in [0.1, 0.15) is 13.3 Å². The summed E-state index contributed by atoms with van der Waals surface area (Å²) in [5, 5.41) is 3.37. The molecule has 1 saturated heterocycles. The molecule has 0 aromatic heterocycles. The van der Waals surface area contributed by atoms with Gasteiger partial charge in [-0.3, -0.25) is 0 Å². The number of nitrogens with one attached hydrogen (secondary N) is 1. The van der Waals surface area contributed by atoms with Gasteiger partial charge in [0.05, 0.1) is 0 Å². The lowest BCUT2D eigenvalue weighted by atomic mass is 10.2. The maximum Gasteiger partial charge on any atom is 0.0107 e. The predicted molar refractivity (Wildman–Crippen MR) is 57.1 cm³/mol. The number of rotatable bonds is 4. The molecule has 1 rings (SSSR count). The molecule has 1 aliphatic rings. The van der Waals surface area contributed by atoms with Crippen LogP contribution in [0.2, 0.25) is 0 Å². The molecule has 0 aromatic carbocycles. The molecule has 3 heteroatoms. The maximum absolute atomic E-state index is 3.37. The molecule has 0 saturated carbocycles. The van der Waals surface area contributed by atoms with E-state index in [0.29, 0.717) is 6.04 Å². The fraction of sp³-hybridized carbons (Fsp3) is 1.00. The quantitative estimate of drug-likeness (QED) is 0.676. The Labute approximate surface area is 82.1 Å². The molecule has 1 unspecified atom stereocenters. The monoisotopic (exact) mass is 185 g/mol. The molecule has 1 fully saturated rings. The summed E-state index contributed by atoms with van der Waals surface area (Å²) in [6.45, 7) is 8.32. The van der Waals surface area contributed by atoms with E-state index >= 15 is 0 Å². The minimum absolute atomic E-state index is 0.704. The summed E-state index contributed by atoms with van der Waals surface area (Å²) in [7, 11) is 4.31. The zero-order chi connectivity index (χ0) is 9.68. The summed E-state index contributed by atoms with van der Waals surface area (Å²) in [6.07, 6.45) is 1.28. The number of piperazine rings is 1. The van der Waals surface area contributed by atoms with E-state index in [1.807, 2.05) is 0 Å². The molecule has 0 amide bonds. The maximum atomic E-state index is 3.37. The third kappa shape index (κ3) is 4.07. The molecule has 3 nitrogen and oxygen atoms in total. The Bertz CT molecular complexity index is 130. The third-order valence-corrected chi connectivity index (χ3v) is 2.95. The second kappa shape index (κ2) is 5.58. The molecule has 0 aliphatic carbocycles. The topological polar surface area (TPSA) is 18.5 Å². The highest BCUT2D eigenvalue weighted by Crippen LogP contribution is 2.01. The molecule has 13 heavy (non-hydrogen) atoms. The second-order valence-corrected chi connectivity index (χ2v) is 4.19. The van der Waals surface area contributed by atoms with Crippen molar-refractivity contribution in [3.8, 4) is 0 Å². The van der Waals surface area contributed by atoms with Gasteiger partial charge in [-0.2, -0.15) is 0 Å². The summed E-state index contributed by atoms with van der Waals surface area (Å²) in [4.78, 5) is 4.85. The highest BCUT2D eigenvalue weighted by Gasteiger charge is 2.11. The minimum Gasteiger partial charge on any atom is -0.314 e. The Morgan fingerprint density at radius 3 is 2.46 bits per heavy atom. The lowest BCUT2D eigenvalue weighted by Crippen LogP contribution is -2.44. The van der Waals surface area contributed by atoms with Gasteiger partial charge in [0.2, 0.25) is 0 Å². The summed E-state index contributed by atoms with van der Waals surface area (Å²) in [5.41, 5.74) is 0. The first kappa shape index (κ1) is 11.0. The van der Waals surface area contributed by atoms with Crippen LogP contribution in [0.4, 0.5) is 0 Å². The van der Waals surface area contributed by atoms with Crippen molar-refractivity contribution in [3.63, 3.8) is 0 Å². The Kier molecular flexibility index (Phi) is 4.70. The summed E-state index contributed by atoms with van der Waals surface area (Å²) in [6, 6.07) is 0.704. The number of hydrogen-bond acceptors (Lipinski definition) is 3. The highest BCUT2D eigenvalue weighted by molar-refractivity contribution is 4.70. The Morgan fingerprint density at radius 2 is 1.92 bits per heavy atom. The molecular weight excluding hydrogens is 162 g/mol. The molecule has 1 heterocycles. The molecule has 0 spiro atoms. The zero-order valence-electron chi connectivity index (χ0n) is 9.21. The van der Waals surface area contributed by atoms with Gasteiger partial charge < -0.3 is 15.1 Å². The molecule has 0 bridgehead atoms. The largest absolute Gasteiger partial charge is 0.314 e. The van der Waals surface area contributed by atoms with Crippen molar-refractivity contribution in [1.82, 2.24) is 15.1 Å². The van der Waals surface area contributed by atoms with Crippen LogP contribution in [-0.2, 0) is 0 Å². The lowest BCUT2D eigenvalue weighted by molar-refractivity contribution is 0.205. The predicted octanol–water partition coefficient (Wildman–Crippen LogP) is 0.232. The van der Waals surface area contributed by atoms with Gasteiger partial charge in [0.1, 0.15) is 0 Å². The van der Waals surface area contributed by atoms with Crippen LogP contribution >= 0.6 is 0 Å². The van der Waals surface area contributed by atoms with E-state index < -0.39 is 0 Å². The Morgan fingerprint density at radius 1 is 1.31 bits per heavy atom. The average Bonchev–Trinajstić information content (AvgIpc) is 2.15. The van der Waals surface area contributed by atoms with E-state index in [4.69, 9.17) is 0 Å². The Balaban J connectivity index is 2.10. The van der Waals surface area contributed by atoms with Crippen LogP contribution < -0.4 is 5.32 Å². The fourth-order valence-corrected chi connectivity index (χ4v) is 1.56. The van der Waals surface area contributed by atoms with E-state index in [2.05, 4.69) is 36.1 Å². The third-order valence-electron chi connectivity index (χ3n) is 2.95. The molecule has 0 radical (unpaired) electrons. The highest BCUT2D eigenvalue weighted by atomic mass is 15.2. The van der Waals surface area contributed by atoms with E-state index in [1.54, 1.807) is 0 Å². The van der Waals surface area contributed by atoms with Crippen LogP contribution in [0, 0.1) is 0 Å². The van der Waals surface area contributed by atoms with Crippen molar-refractivity contribution in [2.45, 2.75) is 19.4 Å². The van der Waals surface area contributed by atoms with E-state index in [1.165, 1.54) is 26.1 Å². The standard InChI is InChI=1S/C10H23N3/c1-10(12(2)3)4-7-13-8-5-11-6-9-13/h10-11H,4-9H2,1-3H3. The molecule has 1 atom stereocenters. The van der Waals surface area contributed by atoms with Gasteiger partial charge in [0.25, 0.3) is 0 Å². The second-order valence-electron chi connectivity index (χ2n) is 4.19. The molecule has 1 N–H and O–H groups in total. The number of nitrogens with zero attached hydrogens (tertiary/aromatic N) is 2. The van der Waals surface area contributed by atoms with Gasteiger partial charge in [-0.25, -0.2) is 0 Å². The smallest absolute Gasteiger partial charge is 0.0107 e. The van der Waals surface area contributed by atoms with E-state index in [0.717, 1.165) is 13.1 Å². The minimum atomic E-state index is 0.704. The van der Waals surface area contributed by atoms with Crippen LogP contribution in [0.25, 0.3) is 0 Å². The van der Waals surface area contributed by atoms with Gasteiger partial charge >= 0.3 is 0 Å². The fourth-order valence-electron chi connectivity index (χ4n) is 1.56. The lowest BCUT2D eigenvalue weighted by Gasteiger charge is -2.29. The van der Waals surface area contributed by atoms with Crippen LogP contribution in [0.5, 0.6) is 0 Å². The first-order valence-electron chi connectivity index (χ1n) is 5.29. The van der Waals surface area contributed by atoms with Gasteiger partial charge in [-0.15, -0.1) is 0 Å². The van der Waals surface area contributed by atoms with Crippen LogP contribution in [0.3, 0.4) is 0 Å². The number of hydrogen-bond donors (Lipinski definition) is 1. The van der Waals surface area contributed by atoms with Crippen molar-refractivity contribution < 1.29 is 0 Å². The molecular formula is C10H23N3. The van der Waals surface area contributed by atoms with Crippen molar-refractivity contribution in [3.05, 3.63) is 0 Å². The normalized spacial score (nSPS) is 22.2. The van der Waals surface area contributed by atoms with Crippen molar-refractivity contribution in [2.24, 2.45) is 0 Å². The molecule has 78 valence electrons. The van der Waals surface area contributed by atoms with E-state index in [9.17, 15) is 0 Å². The van der Waals surface area contributed by atoms with Crippen molar-refractivity contribution >= 4 is 0 Å². The molecule has 0 aromatic rings. The van der Waals surface area contributed by atoms with Crippen LogP contribution in [-0.4, -0.2) is 62.7 Å². The van der Waals surface area contributed by atoms with Gasteiger partial charge in [0, 0.05) is 32.2 Å². The average molecular weight is 185 g/mol. The van der Waals surface area contributed by atoms with Gasteiger partial charge in [-0.1, -0.05) is 0 Å². The van der Waals surface area contributed by atoms with E-state index in [-0.39, 0.29) is 0 Å². The summed E-state index contributed by atoms with van der Waals surface area (Å²) < 4.78 is 0. The SMILES string of the molecule is CC(CCN1CCNCC1)N(C)C. The van der Waals surface area contributed by atoms with Crippen molar-refractivity contribution in [2.75, 3.05) is 46.8 Å². The first-order chi connectivity index (χ1) is 6.20. The zero-order valence-corrected chi connectivity index (χ0v) is 9.21.